The molecule has 2 aromatic rings. The Morgan fingerprint density at radius 1 is 1.61 bits per heavy atom. The highest BCUT2D eigenvalue weighted by atomic mass is 32.1. The van der Waals surface area contributed by atoms with Crippen molar-refractivity contribution < 1.29 is 9.53 Å². The van der Waals surface area contributed by atoms with Crippen molar-refractivity contribution in [3.05, 3.63) is 29.3 Å². The normalized spacial score (nSPS) is 12.6. The second-order valence-electron chi connectivity index (χ2n) is 3.98. The van der Waals surface area contributed by atoms with Gasteiger partial charge in [0.05, 0.1) is 23.4 Å². The van der Waals surface area contributed by atoms with E-state index in [0.717, 1.165) is 15.8 Å². The van der Waals surface area contributed by atoms with Crippen LogP contribution in [0.25, 0.3) is 10.2 Å². The fourth-order valence-corrected chi connectivity index (χ4v) is 2.45. The number of hydrogen-bond donors (Lipinski definition) is 1. The van der Waals surface area contributed by atoms with Crippen LogP contribution >= 0.6 is 11.3 Å². The second-order valence-corrected chi connectivity index (χ2v) is 4.93. The standard InChI is InChI=1S/C13H16N2O2S/c1-3-17-13(16)8-14-9(2)10-6-12-11(15-7-10)4-5-18-12/h4-7,9,14H,3,8H2,1-2H3. The number of fused-ring (bicyclic) bond motifs is 1. The van der Waals surface area contributed by atoms with Crippen LogP contribution in [0.15, 0.2) is 23.7 Å². The molecule has 18 heavy (non-hydrogen) atoms. The van der Waals surface area contributed by atoms with Crippen LogP contribution in [-0.4, -0.2) is 24.1 Å². The summed E-state index contributed by atoms with van der Waals surface area (Å²) in [7, 11) is 0. The van der Waals surface area contributed by atoms with Crippen molar-refractivity contribution in [1.82, 2.24) is 10.3 Å². The molecular weight excluding hydrogens is 248 g/mol. The minimum absolute atomic E-state index is 0.0772. The van der Waals surface area contributed by atoms with E-state index in [1.165, 1.54) is 0 Å². The van der Waals surface area contributed by atoms with Crippen LogP contribution in [0.3, 0.4) is 0 Å². The van der Waals surface area contributed by atoms with Crippen LogP contribution < -0.4 is 5.32 Å². The molecule has 0 radical (unpaired) electrons. The summed E-state index contributed by atoms with van der Waals surface area (Å²) in [6.45, 7) is 4.45. The third-order valence-corrected chi connectivity index (χ3v) is 3.53. The maximum atomic E-state index is 11.3. The first-order chi connectivity index (χ1) is 8.70. The molecule has 0 aliphatic rings. The maximum absolute atomic E-state index is 11.3. The van der Waals surface area contributed by atoms with Crippen molar-refractivity contribution >= 4 is 27.5 Å². The summed E-state index contributed by atoms with van der Waals surface area (Å²) in [5.74, 6) is -0.227. The number of ether oxygens (including phenoxy) is 1. The number of rotatable bonds is 5. The molecule has 1 unspecified atom stereocenters. The van der Waals surface area contributed by atoms with Gasteiger partial charge in [0.25, 0.3) is 0 Å². The van der Waals surface area contributed by atoms with Crippen LogP contribution in [-0.2, 0) is 9.53 Å². The van der Waals surface area contributed by atoms with E-state index in [1.54, 1.807) is 18.3 Å². The molecule has 5 heteroatoms. The Kier molecular flexibility index (Phi) is 4.28. The van der Waals surface area contributed by atoms with Crippen molar-refractivity contribution in [2.75, 3.05) is 13.2 Å². The zero-order valence-electron chi connectivity index (χ0n) is 10.5. The zero-order chi connectivity index (χ0) is 13.0. The highest BCUT2D eigenvalue weighted by Crippen LogP contribution is 2.22. The maximum Gasteiger partial charge on any atom is 0.319 e. The lowest BCUT2D eigenvalue weighted by Crippen LogP contribution is -2.27. The number of thiophene rings is 1. The summed E-state index contributed by atoms with van der Waals surface area (Å²) in [6.07, 6.45) is 1.85. The molecule has 0 fully saturated rings. The minimum atomic E-state index is -0.227. The monoisotopic (exact) mass is 264 g/mol. The topological polar surface area (TPSA) is 51.2 Å². The Bertz CT molecular complexity index is 539. The van der Waals surface area contributed by atoms with Gasteiger partial charge in [0.1, 0.15) is 0 Å². The molecule has 0 aliphatic heterocycles. The number of hydrogen-bond acceptors (Lipinski definition) is 5. The van der Waals surface area contributed by atoms with Gasteiger partial charge in [0.15, 0.2) is 0 Å². The summed E-state index contributed by atoms with van der Waals surface area (Å²) >= 11 is 1.67. The molecule has 0 saturated heterocycles. The number of nitrogens with zero attached hydrogens (tertiary/aromatic N) is 1. The predicted molar refractivity (Wildman–Crippen MR) is 72.7 cm³/mol. The summed E-state index contributed by atoms with van der Waals surface area (Å²) in [5.41, 5.74) is 2.09. The van der Waals surface area contributed by atoms with Gasteiger partial charge in [0.2, 0.25) is 0 Å². The first-order valence-electron chi connectivity index (χ1n) is 5.93. The number of pyridine rings is 1. The van der Waals surface area contributed by atoms with E-state index in [0.29, 0.717) is 6.61 Å². The SMILES string of the molecule is CCOC(=O)CNC(C)c1cnc2ccsc2c1. The molecule has 4 nitrogen and oxygen atoms in total. The third kappa shape index (κ3) is 3.05. The third-order valence-electron chi connectivity index (χ3n) is 2.68. The molecule has 1 N–H and O–H groups in total. The minimum Gasteiger partial charge on any atom is -0.465 e. The fraction of sp³-hybridized carbons (Fsp3) is 0.385. The predicted octanol–water partition coefficient (Wildman–Crippen LogP) is 2.51. The van der Waals surface area contributed by atoms with E-state index < -0.39 is 0 Å². The van der Waals surface area contributed by atoms with Crippen LogP contribution in [0, 0.1) is 0 Å². The van der Waals surface area contributed by atoms with Crippen molar-refractivity contribution in [1.29, 1.82) is 0 Å². The molecule has 0 spiro atoms. The molecule has 2 heterocycles. The van der Waals surface area contributed by atoms with E-state index in [4.69, 9.17) is 4.74 Å². The molecule has 0 aliphatic carbocycles. The van der Waals surface area contributed by atoms with E-state index in [-0.39, 0.29) is 18.6 Å². The van der Waals surface area contributed by atoms with Gasteiger partial charge in [-0.15, -0.1) is 11.3 Å². The Labute approximate surface area is 110 Å². The molecule has 0 bridgehead atoms. The molecular formula is C13H16N2O2S. The summed E-state index contributed by atoms with van der Waals surface area (Å²) in [5, 5.41) is 5.16. The first-order valence-corrected chi connectivity index (χ1v) is 6.81. The molecule has 0 amide bonds. The van der Waals surface area contributed by atoms with Gasteiger partial charge in [-0.2, -0.15) is 0 Å². The molecule has 0 saturated carbocycles. The zero-order valence-corrected chi connectivity index (χ0v) is 11.3. The van der Waals surface area contributed by atoms with Gasteiger partial charge < -0.3 is 10.1 Å². The smallest absolute Gasteiger partial charge is 0.319 e. The second kappa shape index (κ2) is 5.93. The van der Waals surface area contributed by atoms with Crippen molar-refractivity contribution in [3.63, 3.8) is 0 Å². The number of nitrogens with one attached hydrogen (secondary N) is 1. The van der Waals surface area contributed by atoms with E-state index in [9.17, 15) is 4.79 Å². The summed E-state index contributed by atoms with van der Waals surface area (Å²) in [6, 6.07) is 4.18. The molecule has 2 rings (SSSR count). The van der Waals surface area contributed by atoms with Gasteiger partial charge in [-0.05, 0) is 36.9 Å². The van der Waals surface area contributed by atoms with Gasteiger partial charge in [0, 0.05) is 12.2 Å². The Morgan fingerprint density at radius 3 is 3.22 bits per heavy atom. The Morgan fingerprint density at radius 2 is 2.44 bits per heavy atom. The lowest BCUT2D eigenvalue weighted by atomic mass is 10.1. The van der Waals surface area contributed by atoms with Crippen molar-refractivity contribution in [2.45, 2.75) is 19.9 Å². The van der Waals surface area contributed by atoms with Gasteiger partial charge in [-0.1, -0.05) is 0 Å². The van der Waals surface area contributed by atoms with Crippen LogP contribution in [0.1, 0.15) is 25.5 Å². The van der Waals surface area contributed by atoms with Crippen molar-refractivity contribution in [3.8, 4) is 0 Å². The molecule has 2 aromatic heterocycles. The van der Waals surface area contributed by atoms with Crippen LogP contribution in [0.4, 0.5) is 0 Å². The largest absolute Gasteiger partial charge is 0.465 e. The van der Waals surface area contributed by atoms with E-state index >= 15 is 0 Å². The lowest BCUT2D eigenvalue weighted by Gasteiger charge is -2.13. The molecule has 96 valence electrons. The van der Waals surface area contributed by atoms with Crippen molar-refractivity contribution in [2.24, 2.45) is 0 Å². The summed E-state index contributed by atoms with van der Waals surface area (Å²) in [4.78, 5) is 15.6. The number of carbonyl (C=O) groups excluding carboxylic acids is 1. The van der Waals surface area contributed by atoms with Crippen LogP contribution in [0.5, 0.6) is 0 Å². The molecule has 0 aromatic carbocycles. The van der Waals surface area contributed by atoms with Gasteiger partial charge >= 0.3 is 5.97 Å². The number of carbonyl (C=O) groups is 1. The average molecular weight is 264 g/mol. The fourth-order valence-electron chi connectivity index (χ4n) is 1.66. The quantitative estimate of drug-likeness (QED) is 0.843. The first kappa shape index (κ1) is 13.0. The highest BCUT2D eigenvalue weighted by Gasteiger charge is 2.09. The van der Waals surface area contributed by atoms with Gasteiger partial charge in [-0.3, -0.25) is 9.78 Å². The Balaban J connectivity index is 1.99. The summed E-state index contributed by atoms with van der Waals surface area (Å²) < 4.78 is 6.04. The highest BCUT2D eigenvalue weighted by molar-refractivity contribution is 7.17. The number of aromatic nitrogens is 1. The molecule has 1 atom stereocenters. The van der Waals surface area contributed by atoms with Gasteiger partial charge in [-0.25, -0.2) is 0 Å². The lowest BCUT2D eigenvalue weighted by molar-refractivity contribution is -0.142. The van der Waals surface area contributed by atoms with E-state index in [1.807, 2.05) is 24.6 Å². The van der Waals surface area contributed by atoms with Crippen LogP contribution in [0.2, 0.25) is 0 Å². The average Bonchev–Trinajstić information content (AvgIpc) is 2.83. The Hall–Kier alpha value is -1.46. The van der Waals surface area contributed by atoms with E-state index in [2.05, 4.69) is 16.4 Å². The number of esters is 1.